The third-order valence-corrected chi connectivity index (χ3v) is 4.84. The lowest BCUT2D eigenvalue weighted by Crippen LogP contribution is -2.39. The first-order valence-corrected chi connectivity index (χ1v) is 9.44. The Kier molecular flexibility index (Phi) is 6.20. The molecule has 0 radical (unpaired) electrons. The van der Waals surface area contributed by atoms with Gasteiger partial charge in [0.2, 0.25) is 17.6 Å². The summed E-state index contributed by atoms with van der Waals surface area (Å²) < 4.78 is 5.50. The third-order valence-electron chi connectivity index (χ3n) is 4.84. The normalized spacial score (nSPS) is 17.6. The fourth-order valence-electron chi connectivity index (χ4n) is 3.37. The van der Waals surface area contributed by atoms with Gasteiger partial charge in [-0.1, -0.05) is 61.7 Å². The number of hydrogen-bond acceptors (Lipinski definition) is 4. The Morgan fingerprint density at radius 2 is 2.08 bits per heavy atom. The number of unbranched alkanes of at least 4 members (excludes halogenated alkanes) is 3. The van der Waals surface area contributed by atoms with Crippen LogP contribution in [0.1, 0.15) is 63.7 Å². The lowest BCUT2D eigenvalue weighted by atomic mass is 9.97. The van der Waals surface area contributed by atoms with Crippen molar-refractivity contribution in [2.75, 3.05) is 13.1 Å². The summed E-state index contributed by atoms with van der Waals surface area (Å²) in [5.74, 6) is 1.70. The van der Waals surface area contributed by atoms with Crippen LogP contribution in [0.3, 0.4) is 0 Å². The minimum atomic E-state index is 0.151. The molecule has 1 aliphatic heterocycles. The van der Waals surface area contributed by atoms with E-state index in [1.807, 2.05) is 35.2 Å². The average Bonchev–Trinajstić information content (AvgIpc) is 3.16. The molecule has 0 saturated carbocycles. The predicted octanol–water partition coefficient (Wildman–Crippen LogP) is 4.41. The van der Waals surface area contributed by atoms with E-state index in [0.29, 0.717) is 24.7 Å². The molecule has 1 unspecified atom stereocenters. The van der Waals surface area contributed by atoms with Gasteiger partial charge in [0.25, 0.3) is 0 Å². The molecule has 25 heavy (non-hydrogen) atoms. The second kappa shape index (κ2) is 8.79. The molecule has 0 aliphatic carbocycles. The smallest absolute Gasteiger partial charge is 0.231 e. The summed E-state index contributed by atoms with van der Waals surface area (Å²) in [6.45, 7) is 3.73. The Labute approximate surface area is 149 Å². The van der Waals surface area contributed by atoms with Crippen molar-refractivity contribution in [3.05, 3.63) is 36.2 Å². The number of piperidine rings is 1. The lowest BCUT2D eigenvalue weighted by Gasteiger charge is -2.31. The number of rotatable bonds is 7. The van der Waals surface area contributed by atoms with Crippen molar-refractivity contribution >= 4 is 5.91 Å². The van der Waals surface area contributed by atoms with Gasteiger partial charge in [-0.05, 0) is 19.3 Å². The highest BCUT2D eigenvalue weighted by molar-refractivity contribution is 5.76. The van der Waals surface area contributed by atoms with Gasteiger partial charge >= 0.3 is 0 Å². The summed E-state index contributed by atoms with van der Waals surface area (Å²) in [5, 5.41) is 4.11. The van der Waals surface area contributed by atoms with Crippen molar-refractivity contribution in [3.63, 3.8) is 0 Å². The highest BCUT2D eigenvalue weighted by atomic mass is 16.5. The zero-order valence-electron chi connectivity index (χ0n) is 15.0. The summed E-state index contributed by atoms with van der Waals surface area (Å²) in [7, 11) is 0. The highest BCUT2D eigenvalue weighted by Gasteiger charge is 2.28. The van der Waals surface area contributed by atoms with Gasteiger partial charge in [-0.25, -0.2) is 0 Å². The number of nitrogens with zero attached hydrogens (tertiary/aromatic N) is 3. The number of amides is 1. The zero-order chi connectivity index (χ0) is 17.5. The maximum atomic E-state index is 12.4. The van der Waals surface area contributed by atoms with Crippen LogP contribution in [-0.4, -0.2) is 34.0 Å². The quantitative estimate of drug-likeness (QED) is 0.700. The van der Waals surface area contributed by atoms with Crippen molar-refractivity contribution < 1.29 is 9.32 Å². The lowest BCUT2D eigenvalue weighted by molar-refractivity contribution is -0.132. The van der Waals surface area contributed by atoms with Crippen molar-refractivity contribution in [1.29, 1.82) is 0 Å². The molecule has 1 aromatic heterocycles. The highest BCUT2D eigenvalue weighted by Crippen LogP contribution is 2.28. The van der Waals surface area contributed by atoms with E-state index in [2.05, 4.69) is 17.1 Å². The van der Waals surface area contributed by atoms with Crippen LogP contribution < -0.4 is 0 Å². The van der Waals surface area contributed by atoms with Gasteiger partial charge in [-0.15, -0.1) is 0 Å². The molecule has 3 rings (SSSR count). The Balaban J connectivity index is 1.58. The molecule has 1 atom stereocenters. The molecule has 1 saturated heterocycles. The molecule has 1 amide bonds. The van der Waals surface area contributed by atoms with Crippen molar-refractivity contribution in [2.45, 2.75) is 57.8 Å². The Bertz CT molecular complexity index is 669. The summed E-state index contributed by atoms with van der Waals surface area (Å²) in [6, 6.07) is 9.84. The molecular formula is C20H27N3O2. The molecule has 1 aromatic carbocycles. The van der Waals surface area contributed by atoms with Crippen LogP contribution in [0.2, 0.25) is 0 Å². The number of benzene rings is 1. The van der Waals surface area contributed by atoms with E-state index in [1.54, 1.807) is 0 Å². The molecule has 0 bridgehead atoms. The van der Waals surface area contributed by atoms with Crippen LogP contribution in [0.5, 0.6) is 0 Å². The summed E-state index contributed by atoms with van der Waals surface area (Å²) in [6.07, 6.45) is 7.19. The molecule has 2 heterocycles. The minimum Gasteiger partial charge on any atom is -0.342 e. The van der Waals surface area contributed by atoms with Gasteiger partial charge in [0.15, 0.2) is 0 Å². The summed E-state index contributed by atoms with van der Waals surface area (Å²) >= 11 is 0. The number of likely N-dealkylation sites (tertiary alicyclic amines) is 1. The molecule has 2 aromatic rings. The van der Waals surface area contributed by atoms with Gasteiger partial charge in [0.05, 0.1) is 5.92 Å². The Morgan fingerprint density at radius 3 is 2.88 bits per heavy atom. The van der Waals surface area contributed by atoms with Gasteiger partial charge < -0.3 is 9.42 Å². The van der Waals surface area contributed by atoms with Gasteiger partial charge in [0, 0.05) is 25.1 Å². The first kappa shape index (κ1) is 17.6. The van der Waals surface area contributed by atoms with E-state index in [0.717, 1.165) is 37.8 Å². The Hall–Kier alpha value is -2.17. The van der Waals surface area contributed by atoms with E-state index >= 15 is 0 Å². The van der Waals surface area contributed by atoms with Crippen LogP contribution in [0.25, 0.3) is 11.4 Å². The molecule has 1 fully saturated rings. The van der Waals surface area contributed by atoms with Crippen molar-refractivity contribution in [2.24, 2.45) is 0 Å². The van der Waals surface area contributed by atoms with Crippen LogP contribution in [0, 0.1) is 0 Å². The fourth-order valence-corrected chi connectivity index (χ4v) is 3.37. The van der Waals surface area contributed by atoms with Gasteiger partial charge in [-0.3, -0.25) is 4.79 Å². The molecule has 1 aliphatic rings. The van der Waals surface area contributed by atoms with Gasteiger partial charge in [0.1, 0.15) is 0 Å². The van der Waals surface area contributed by atoms with Crippen LogP contribution in [0.4, 0.5) is 0 Å². The first-order valence-electron chi connectivity index (χ1n) is 9.44. The van der Waals surface area contributed by atoms with Crippen LogP contribution in [-0.2, 0) is 4.79 Å². The molecular weight excluding hydrogens is 314 g/mol. The number of hydrogen-bond donors (Lipinski definition) is 0. The number of carbonyl (C=O) groups is 1. The van der Waals surface area contributed by atoms with E-state index in [9.17, 15) is 4.79 Å². The van der Waals surface area contributed by atoms with Gasteiger partial charge in [-0.2, -0.15) is 4.98 Å². The van der Waals surface area contributed by atoms with E-state index in [1.165, 1.54) is 12.8 Å². The number of carbonyl (C=O) groups excluding carboxylic acids is 1. The van der Waals surface area contributed by atoms with E-state index in [4.69, 9.17) is 4.52 Å². The molecule has 5 heteroatoms. The van der Waals surface area contributed by atoms with Crippen LogP contribution in [0.15, 0.2) is 34.9 Å². The largest absolute Gasteiger partial charge is 0.342 e. The van der Waals surface area contributed by atoms with Crippen molar-refractivity contribution in [3.8, 4) is 11.4 Å². The predicted molar refractivity (Wildman–Crippen MR) is 97.0 cm³/mol. The van der Waals surface area contributed by atoms with Crippen molar-refractivity contribution in [1.82, 2.24) is 15.0 Å². The second-order valence-corrected chi connectivity index (χ2v) is 6.81. The zero-order valence-corrected chi connectivity index (χ0v) is 15.0. The fraction of sp³-hybridized carbons (Fsp3) is 0.550. The van der Waals surface area contributed by atoms with Crippen LogP contribution >= 0.6 is 0 Å². The maximum Gasteiger partial charge on any atom is 0.231 e. The maximum absolute atomic E-state index is 12.4. The molecule has 5 nitrogen and oxygen atoms in total. The Morgan fingerprint density at radius 1 is 1.24 bits per heavy atom. The summed E-state index contributed by atoms with van der Waals surface area (Å²) in [4.78, 5) is 19.0. The minimum absolute atomic E-state index is 0.151. The SMILES string of the molecule is CCCCCCC(=O)N1CCCC(c2nc(-c3ccccc3)no2)C1. The third kappa shape index (κ3) is 4.68. The van der Waals surface area contributed by atoms with E-state index in [-0.39, 0.29) is 11.8 Å². The average molecular weight is 341 g/mol. The number of aromatic nitrogens is 2. The first-order chi connectivity index (χ1) is 12.3. The molecule has 0 spiro atoms. The monoisotopic (exact) mass is 341 g/mol. The summed E-state index contributed by atoms with van der Waals surface area (Å²) in [5.41, 5.74) is 0.956. The molecule has 134 valence electrons. The second-order valence-electron chi connectivity index (χ2n) is 6.81. The van der Waals surface area contributed by atoms with E-state index < -0.39 is 0 Å². The standard InChI is InChI=1S/C20H27N3O2/c1-2-3-4-8-13-18(24)23-14-9-12-17(15-23)20-21-19(22-25-20)16-10-6-5-7-11-16/h5-7,10-11,17H,2-4,8-9,12-15H2,1H3. The topological polar surface area (TPSA) is 59.2 Å². The molecule has 0 N–H and O–H groups in total.